The Morgan fingerprint density at radius 2 is 2.11 bits per heavy atom. The van der Waals surface area contributed by atoms with E-state index in [1.165, 1.54) is 36.6 Å². The number of unbranched alkanes of at least 4 members (excludes halogenated alkanes) is 3. The average Bonchev–Trinajstić information content (AvgIpc) is 2.76. The van der Waals surface area contributed by atoms with Crippen LogP contribution in [-0.2, 0) is 6.54 Å². The van der Waals surface area contributed by atoms with Crippen molar-refractivity contribution in [3.8, 4) is 0 Å². The third kappa shape index (κ3) is 3.50. The van der Waals surface area contributed by atoms with Crippen LogP contribution in [0.5, 0.6) is 0 Å². The summed E-state index contributed by atoms with van der Waals surface area (Å²) in [6, 6.07) is 6.01. The van der Waals surface area contributed by atoms with E-state index in [9.17, 15) is 0 Å². The molecular weight excluding hydrogens is 244 g/mol. The molecule has 0 fully saturated rings. The smallest absolute Gasteiger partial charge is 0.0472 e. The van der Waals surface area contributed by atoms with Crippen molar-refractivity contribution in [3.63, 3.8) is 0 Å². The van der Waals surface area contributed by atoms with E-state index in [4.69, 9.17) is 11.6 Å². The Balaban J connectivity index is 1.84. The Bertz CT molecular complexity index is 490. The van der Waals surface area contributed by atoms with Crippen molar-refractivity contribution >= 4 is 22.5 Å². The Hall–Kier alpha value is -0.990. The second kappa shape index (κ2) is 6.81. The van der Waals surface area contributed by atoms with Crippen LogP contribution in [0.2, 0.25) is 5.02 Å². The molecule has 2 nitrogen and oxygen atoms in total. The maximum atomic E-state index is 5.97. The minimum atomic E-state index is 0.781. The fraction of sp³-hybridized carbons (Fsp3) is 0.467. The van der Waals surface area contributed by atoms with E-state index in [0.29, 0.717) is 0 Å². The maximum Gasteiger partial charge on any atom is 0.0472 e. The molecule has 1 aromatic carbocycles. The van der Waals surface area contributed by atoms with Crippen LogP contribution >= 0.6 is 11.6 Å². The highest BCUT2D eigenvalue weighted by molar-refractivity contribution is 6.31. The Labute approximate surface area is 114 Å². The largest absolute Gasteiger partial charge is 0.361 e. The summed E-state index contributed by atoms with van der Waals surface area (Å²) in [5.41, 5.74) is 2.43. The van der Waals surface area contributed by atoms with Gasteiger partial charge in [0, 0.05) is 28.7 Å². The van der Waals surface area contributed by atoms with Gasteiger partial charge in [0.1, 0.15) is 0 Å². The molecule has 2 rings (SSSR count). The summed E-state index contributed by atoms with van der Waals surface area (Å²) >= 11 is 5.97. The summed E-state index contributed by atoms with van der Waals surface area (Å²) in [7, 11) is 0. The number of benzene rings is 1. The first-order valence-electron chi connectivity index (χ1n) is 6.77. The SMILES string of the molecule is CCCCCCNCc1c[nH]c2cc(Cl)ccc12. The van der Waals surface area contributed by atoms with Crippen molar-refractivity contribution in [2.75, 3.05) is 6.54 Å². The number of H-pyrrole nitrogens is 1. The lowest BCUT2D eigenvalue weighted by molar-refractivity contribution is 0.599. The summed E-state index contributed by atoms with van der Waals surface area (Å²) in [5.74, 6) is 0. The molecule has 0 spiro atoms. The molecular formula is C15H21ClN2. The number of hydrogen-bond acceptors (Lipinski definition) is 1. The van der Waals surface area contributed by atoms with Crippen LogP contribution in [-0.4, -0.2) is 11.5 Å². The minimum absolute atomic E-state index is 0.781. The molecule has 1 heterocycles. The van der Waals surface area contributed by atoms with Crippen molar-refractivity contribution in [2.45, 2.75) is 39.2 Å². The Morgan fingerprint density at radius 3 is 2.94 bits per heavy atom. The number of halogens is 1. The lowest BCUT2D eigenvalue weighted by Crippen LogP contribution is -2.14. The Morgan fingerprint density at radius 1 is 1.22 bits per heavy atom. The summed E-state index contributed by atoms with van der Waals surface area (Å²) in [4.78, 5) is 3.27. The van der Waals surface area contributed by atoms with E-state index in [0.717, 1.165) is 23.6 Å². The van der Waals surface area contributed by atoms with Crippen LogP contribution in [0, 0.1) is 0 Å². The standard InChI is InChI=1S/C15H21ClN2/c1-2-3-4-5-8-17-10-12-11-18-15-9-13(16)6-7-14(12)15/h6-7,9,11,17-18H,2-5,8,10H2,1H3. The predicted molar refractivity (Wildman–Crippen MR) is 79.2 cm³/mol. The summed E-state index contributed by atoms with van der Waals surface area (Å²) in [5, 5.41) is 5.55. The molecule has 0 saturated carbocycles. The number of nitrogens with one attached hydrogen (secondary N) is 2. The van der Waals surface area contributed by atoms with Crippen LogP contribution in [0.25, 0.3) is 10.9 Å². The third-order valence-electron chi connectivity index (χ3n) is 3.25. The van der Waals surface area contributed by atoms with Crippen LogP contribution in [0.4, 0.5) is 0 Å². The zero-order chi connectivity index (χ0) is 12.8. The summed E-state index contributed by atoms with van der Waals surface area (Å²) in [6.45, 7) is 4.26. The molecule has 0 radical (unpaired) electrons. The normalized spacial score (nSPS) is 11.2. The molecule has 0 saturated heterocycles. The molecule has 18 heavy (non-hydrogen) atoms. The lowest BCUT2D eigenvalue weighted by Gasteiger charge is -2.03. The van der Waals surface area contributed by atoms with Crippen molar-refractivity contribution < 1.29 is 0 Å². The van der Waals surface area contributed by atoms with Crippen molar-refractivity contribution in [1.82, 2.24) is 10.3 Å². The monoisotopic (exact) mass is 264 g/mol. The van der Waals surface area contributed by atoms with Crippen molar-refractivity contribution in [3.05, 3.63) is 35.0 Å². The predicted octanol–water partition coefficient (Wildman–Crippen LogP) is 4.49. The summed E-state index contributed by atoms with van der Waals surface area (Å²) < 4.78 is 0. The average molecular weight is 265 g/mol. The number of rotatable bonds is 7. The van der Waals surface area contributed by atoms with Crippen molar-refractivity contribution in [1.29, 1.82) is 0 Å². The van der Waals surface area contributed by atoms with E-state index in [1.807, 2.05) is 12.1 Å². The second-order valence-electron chi connectivity index (χ2n) is 4.74. The fourth-order valence-corrected chi connectivity index (χ4v) is 2.38. The van der Waals surface area contributed by atoms with E-state index >= 15 is 0 Å². The van der Waals surface area contributed by atoms with Gasteiger partial charge in [0.05, 0.1) is 0 Å². The van der Waals surface area contributed by atoms with Crippen LogP contribution in [0.3, 0.4) is 0 Å². The highest BCUT2D eigenvalue weighted by atomic mass is 35.5. The van der Waals surface area contributed by atoms with Crippen LogP contribution in [0.15, 0.2) is 24.4 Å². The number of aromatic amines is 1. The number of fused-ring (bicyclic) bond motifs is 1. The molecule has 2 aromatic rings. The topological polar surface area (TPSA) is 27.8 Å². The molecule has 0 bridgehead atoms. The van der Waals surface area contributed by atoms with E-state index in [-0.39, 0.29) is 0 Å². The zero-order valence-electron chi connectivity index (χ0n) is 10.9. The van der Waals surface area contributed by atoms with Crippen LogP contribution in [0.1, 0.15) is 38.2 Å². The highest BCUT2D eigenvalue weighted by Crippen LogP contribution is 2.21. The second-order valence-corrected chi connectivity index (χ2v) is 5.18. The lowest BCUT2D eigenvalue weighted by atomic mass is 10.1. The minimum Gasteiger partial charge on any atom is -0.361 e. The number of hydrogen-bond donors (Lipinski definition) is 2. The molecule has 0 amide bonds. The summed E-state index contributed by atoms with van der Waals surface area (Å²) in [6.07, 6.45) is 7.30. The van der Waals surface area contributed by atoms with Gasteiger partial charge in [-0.25, -0.2) is 0 Å². The van der Waals surface area contributed by atoms with Gasteiger partial charge in [0.25, 0.3) is 0 Å². The van der Waals surface area contributed by atoms with Gasteiger partial charge in [-0.05, 0) is 30.7 Å². The van der Waals surface area contributed by atoms with E-state index in [1.54, 1.807) is 0 Å². The van der Waals surface area contributed by atoms with Crippen molar-refractivity contribution in [2.24, 2.45) is 0 Å². The third-order valence-corrected chi connectivity index (χ3v) is 3.49. The molecule has 1 aromatic heterocycles. The first kappa shape index (κ1) is 13.4. The molecule has 0 aliphatic heterocycles. The molecule has 2 N–H and O–H groups in total. The zero-order valence-corrected chi connectivity index (χ0v) is 11.7. The van der Waals surface area contributed by atoms with Gasteiger partial charge in [-0.3, -0.25) is 0 Å². The van der Waals surface area contributed by atoms with Gasteiger partial charge in [-0.1, -0.05) is 43.9 Å². The van der Waals surface area contributed by atoms with Gasteiger partial charge in [-0.2, -0.15) is 0 Å². The quantitative estimate of drug-likeness (QED) is 0.709. The van der Waals surface area contributed by atoms with E-state index in [2.05, 4.69) is 29.5 Å². The maximum absolute atomic E-state index is 5.97. The molecule has 98 valence electrons. The molecule has 0 unspecified atom stereocenters. The molecule has 0 aliphatic carbocycles. The molecule has 0 aliphatic rings. The fourth-order valence-electron chi connectivity index (χ4n) is 2.20. The highest BCUT2D eigenvalue weighted by Gasteiger charge is 2.03. The number of aromatic nitrogens is 1. The van der Waals surface area contributed by atoms with Gasteiger partial charge in [0.15, 0.2) is 0 Å². The first-order valence-corrected chi connectivity index (χ1v) is 7.15. The van der Waals surface area contributed by atoms with Gasteiger partial charge >= 0.3 is 0 Å². The van der Waals surface area contributed by atoms with Gasteiger partial charge in [0.2, 0.25) is 0 Å². The molecule has 0 atom stereocenters. The van der Waals surface area contributed by atoms with Gasteiger partial charge in [-0.15, -0.1) is 0 Å². The first-order chi connectivity index (χ1) is 8.81. The van der Waals surface area contributed by atoms with Crippen LogP contribution < -0.4 is 5.32 Å². The van der Waals surface area contributed by atoms with E-state index < -0.39 is 0 Å². The van der Waals surface area contributed by atoms with Gasteiger partial charge < -0.3 is 10.3 Å². The molecule has 3 heteroatoms. The Kier molecular flexibility index (Phi) is 5.09.